The van der Waals surface area contributed by atoms with Crippen LogP contribution in [0.2, 0.25) is 5.02 Å². The van der Waals surface area contributed by atoms with E-state index in [0.717, 1.165) is 16.5 Å². The zero-order chi connectivity index (χ0) is 29.4. The number of halogens is 3. The number of pyridine rings is 1. The first-order chi connectivity index (χ1) is 18.8. The van der Waals surface area contributed by atoms with Crippen LogP contribution in [0, 0.1) is 20.4 Å². The third kappa shape index (κ3) is 6.31. The van der Waals surface area contributed by atoms with Gasteiger partial charge in [0.05, 0.1) is 33.4 Å². The van der Waals surface area contributed by atoms with Crippen molar-refractivity contribution in [2.75, 3.05) is 17.2 Å². The molecule has 0 bridgehead atoms. The van der Waals surface area contributed by atoms with Crippen molar-refractivity contribution < 1.29 is 4.39 Å². The minimum Gasteiger partial charge on any atom is -0.383 e. The van der Waals surface area contributed by atoms with Crippen molar-refractivity contribution in [3.8, 4) is 6.07 Å². The highest BCUT2D eigenvalue weighted by atomic mass is 127. The van der Waals surface area contributed by atoms with Crippen molar-refractivity contribution >= 4 is 62.2 Å². The molecule has 0 amide bonds. The fraction of sp³-hybridized carbons (Fsp3) is 0.414. The number of nitriles is 1. The lowest BCUT2D eigenvalue weighted by molar-refractivity contribution is 0.443. The van der Waals surface area contributed by atoms with Gasteiger partial charge in [0.15, 0.2) is 0 Å². The summed E-state index contributed by atoms with van der Waals surface area (Å²) in [5, 5.41) is 26.8. The van der Waals surface area contributed by atoms with Crippen molar-refractivity contribution in [1.29, 1.82) is 5.26 Å². The molecule has 1 fully saturated rings. The van der Waals surface area contributed by atoms with Gasteiger partial charge >= 0.3 is 0 Å². The van der Waals surface area contributed by atoms with Gasteiger partial charge in [0.25, 0.3) is 0 Å². The number of aromatic nitrogens is 4. The second-order valence-corrected chi connectivity index (χ2v) is 12.9. The van der Waals surface area contributed by atoms with E-state index in [1.807, 2.05) is 10.7 Å². The van der Waals surface area contributed by atoms with E-state index in [9.17, 15) is 9.65 Å². The van der Waals surface area contributed by atoms with Crippen LogP contribution < -0.4 is 10.6 Å². The Balaban J connectivity index is 1.83. The highest BCUT2D eigenvalue weighted by molar-refractivity contribution is 14.1. The maximum atomic E-state index is 14.1. The third-order valence-electron chi connectivity index (χ3n) is 6.88. The van der Waals surface area contributed by atoms with Crippen molar-refractivity contribution in [3.63, 3.8) is 0 Å². The van der Waals surface area contributed by atoms with Crippen LogP contribution in [0.3, 0.4) is 0 Å². The second-order valence-electron chi connectivity index (χ2n) is 11.5. The van der Waals surface area contributed by atoms with Crippen LogP contribution in [-0.2, 0) is 5.54 Å². The molecular formula is C29H33ClFIN8. The van der Waals surface area contributed by atoms with E-state index in [-0.39, 0.29) is 11.0 Å². The smallest absolute Gasteiger partial charge is 0.208 e. The lowest BCUT2D eigenvalue weighted by Crippen LogP contribution is -2.21. The Morgan fingerprint density at radius 3 is 2.70 bits per heavy atom. The van der Waals surface area contributed by atoms with Crippen molar-refractivity contribution in [2.24, 2.45) is 10.4 Å². The zero-order valence-electron chi connectivity index (χ0n) is 23.5. The van der Waals surface area contributed by atoms with Gasteiger partial charge in [-0.1, -0.05) is 44.2 Å². The molecule has 0 radical (unpaired) electrons. The summed E-state index contributed by atoms with van der Waals surface area (Å²) in [6.45, 7) is 16.7. The molecule has 210 valence electrons. The molecule has 40 heavy (non-hydrogen) atoms. The zero-order valence-corrected chi connectivity index (χ0v) is 26.4. The lowest BCUT2D eigenvalue weighted by atomic mass is 9.96. The summed E-state index contributed by atoms with van der Waals surface area (Å²) >= 11 is 8.98. The fourth-order valence-electron chi connectivity index (χ4n) is 4.16. The van der Waals surface area contributed by atoms with Gasteiger partial charge in [0, 0.05) is 29.5 Å². The molecule has 1 atom stereocenters. The predicted molar refractivity (Wildman–Crippen MR) is 169 cm³/mol. The Hall–Kier alpha value is -3.04. The number of nitrogens with one attached hydrogen (secondary N) is 2. The summed E-state index contributed by atoms with van der Waals surface area (Å²) in [6.07, 6.45) is 4.88. The normalized spacial score (nSPS) is 16.0. The summed E-state index contributed by atoms with van der Waals surface area (Å²) in [5.41, 5.74) is 3.84. The third-order valence-corrected chi connectivity index (χ3v) is 8.17. The summed E-state index contributed by atoms with van der Waals surface area (Å²) in [6, 6.07) is 5.33. The molecule has 1 aliphatic rings. The maximum Gasteiger partial charge on any atom is 0.208 e. The monoisotopic (exact) mass is 674 g/mol. The summed E-state index contributed by atoms with van der Waals surface area (Å²) < 4.78 is 16.9. The Kier molecular flexibility index (Phi) is 8.57. The van der Waals surface area contributed by atoms with Gasteiger partial charge < -0.3 is 10.6 Å². The van der Waals surface area contributed by atoms with Crippen LogP contribution in [0.25, 0.3) is 10.9 Å². The van der Waals surface area contributed by atoms with E-state index in [1.165, 1.54) is 12.3 Å². The average Bonchev–Trinajstić information content (AvgIpc) is 3.52. The van der Waals surface area contributed by atoms with Crippen LogP contribution in [0.4, 0.5) is 15.8 Å². The molecule has 8 nitrogen and oxygen atoms in total. The number of rotatable bonds is 9. The van der Waals surface area contributed by atoms with Gasteiger partial charge in [-0.25, -0.2) is 9.67 Å². The lowest BCUT2D eigenvalue weighted by Gasteiger charge is -2.23. The van der Waals surface area contributed by atoms with Crippen molar-refractivity contribution in [2.45, 2.75) is 66.0 Å². The number of hydrogen-bond donors (Lipinski definition) is 2. The van der Waals surface area contributed by atoms with Gasteiger partial charge in [0.1, 0.15) is 15.5 Å². The van der Waals surface area contributed by atoms with Crippen LogP contribution >= 0.6 is 34.2 Å². The SMILES string of the molecule is C=C(C(C)=N/C(F)=C\C)[C@H](Nc1cc(Cl)c2ncc(C#N)c(NCC(C)(C)C)c2c1)c1nnn(C2(C)CC2)c1I. The van der Waals surface area contributed by atoms with Gasteiger partial charge in [-0.15, -0.1) is 5.10 Å². The standard InChI is InChI=1S/C29H33ClFIN8/c1-8-22(31)36-17(3)16(2)23(26-27(32)40(39-38-26)29(7)9-10-29)37-19-11-20-24(35-15-28(4,5)6)18(13-33)14-34-25(20)21(30)12-19/h8,11-12,14,23,37H,2,9-10,15H2,1,3-7H3,(H,34,35)/b22-8-,36-17?/t23-/m0/s1. The van der Waals surface area contributed by atoms with Crippen LogP contribution in [0.1, 0.15) is 71.7 Å². The number of nitrogens with zero attached hydrogens (tertiary/aromatic N) is 6. The molecule has 1 saturated carbocycles. The highest BCUT2D eigenvalue weighted by Gasteiger charge is 2.43. The Morgan fingerprint density at radius 1 is 1.40 bits per heavy atom. The van der Waals surface area contributed by atoms with Gasteiger partial charge in [-0.2, -0.15) is 9.65 Å². The Bertz CT molecular complexity index is 1570. The van der Waals surface area contributed by atoms with Gasteiger partial charge in [0.2, 0.25) is 5.95 Å². The van der Waals surface area contributed by atoms with Gasteiger partial charge in [-0.3, -0.25) is 4.98 Å². The van der Waals surface area contributed by atoms with Crippen LogP contribution in [0.5, 0.6) is 0 Å². The molecule has 1 aromatic carbocycles. The minimum absolute atomic E-state index is 0.0232. The maximum absolute atomic E-state index is 14.1. The summed E-state index contributed by atoms with van der Waals surface area (Å²) in [5.74, 6) is -0.598. The quantitative estimate of drug-likeness (QED) is 0.136. The first-order valence-electron chi connectivity index (χ1n) is 13.0. The van der Waals surface area contributed by atoms with Crippen molar-refractivity contribution in [1.82, 2.24) is 20.0 Å². The van der Waals surface area contributed by atoms with E-state index in [0.29, 0.717) is 56.4 Å². The Labute approximate surface area is 252 Å². The number of benzene rings is 1. The van der Waals surface area contributed by atoms with E-state index in [4.69, 9.17) is 11.6 Å². The Morgan fingerprint density at radius 2 is 2.10 bits per heavy atom. The first kappa shape index (κ1) is 29.9. The molecule has 2 aromatic heterocycles. The molecule has 3 aromatic rings. The number of anilines is 2. The average molecular weight is 675 g/mol. The molecular weight excluding hydrogens is 642 g/mol. The van der Waals surface area contributed by atoms with E-state index in [2.05, 4.69) is 93.9 Å². The topological polar surface area (TPSA) is 104 Å². The van der Waals surface area contributed by atoms with E-state index < -0.39 is 12.0 Å². The van der Waals surface area contributed by atoms with E-state index in [1.54, 1.807) is 19.9 Å². The molecule has 2 N–H and O–H groups in total. The number of allylic oxidation sites excluding steroid dienone is 1. The van der Waals surface area contributed by atoms with Crippen molar-refractivity contribution in [3.05, 3.63) is 62.5 Å². The van der Waals surface area contributed by atoms with E-state index >= 15 is 0 Å². The molecule has 0 saturated heterocycles. The molecule has 0 unspecified atom stereocenters. The summed E-state index contributed by atoms with van der Waals surface area (Å²) in [7, 11) is 0. The fourth-order valence-corrected chi connectivity index (χ4v) is 5.53. The number of fused-ring (bicyclic) bond motifs is 1. The molecule has 0 spiro atoms. The van der Waals surface area contributed by atoms with Crippen LogP contribution in [0.15, 0.2) is 47.5 Å². The summed E-state index contributed by atoms with van der Waals surface area (Å²) in [4.78, 5) is 8.52. The minimum atomic E-state index is -0.598. The molecule has 11 heteroatoms. The van der Waals surface area contributed by atoms with Crippen LogP contribution in [-0.4, -0.2) is 32.2 Å². The molecule has 1 aliphatic carbocycles. The number of aliphatic imine (C=N–C) groups is 1. The predicted octanol–water partition coefficient (Wildman–Crippen LogP) is 7.92. The molecule has 2 heterocycles. The molecule has 0 aliphatic heterocycles. The van der Waals surface area contributed by atoms with Gasteiger partial charge in [-0.05, 0) is 85.4 Å². The largest absolute Gasteiger partial charge is 0.383 e. The number of hydrogen-bond acceptors (Lipinski definition) is 7. The first-order valence-corrected chi connectivity index (χ1v) is 14.4. The molecule has 4 rings (SSSR count). The highest BCUT2D eigenvalue weighted by Crippen LogP contribution is 2.44. The second kappa shape index (κ2) is 11.4.